The molecule has 74 valence electrons. The van der Waals surface area contributed by atoms with Crippen molar-refractivity contribution in [2.45, 2.75) is 19.4 Å². The van der Waals surface area contributed by atoms with E-state index in [-0.39, 0.29) is 0 Å². The first-order valence-corrected chi connectivity index (χ1v) is 4.89. The molecule has 0 saturated heterocycles. The Bertz CT molecular complexity index is 302. The Morgan fingerprint density at radius 1 is 1.50 bits per heavy atom. The van der Waals surface area contributed by atoms with Crippen LogP contribution in [0.2, 0.25) is 5.15 Å². The number of nitrogens with zero attached hydrogens (tertiary/aromatic N) is 2. The highest BCUT2D eigenvalue weighted by Gasteiger charge is 1.93. The van der Waals surface area contributed by atoms with Gasteiger partial charge in [0, 0.05) is 19.2 Å². The lowest BCUT2D eigenvalue weighted by Gasteiger charge is -2.02. The van der Waals surface area contributed by atoms with Gasteiger partial charge in [0.2, 0.25) is 0 Å². The van der Waals surface area contributed by atoms with Crippen molar-refractivity contribution in [1.29, 1.82) is 5.26 Å². The van der Waals surface area contributed by atoms with Gasteiger partial charge in [0.1, 0.15) is 5.15 Å². The number of halogens is 1. The van der Waals surface area contributed by atoms with Gasteiger partial charge in [0.25, 0.3) is 0 Å². The van der Waals surface area contributed by atoms with Gasteiger partial charge in [-0.15, -0.1) is 0 Å². The van der Waals surface area contributed by atoms with Gasteiger partial charge in [-0.2, -0.15) is 5.26 Å². The van der Waals surface area contributed by atoms with Crippen molar-refractivity contribution in [3.8, 4) is 6.07 Å². The van der Waals surface area contributed by atoms with Gasteiger partial charge in [-0.25, -0.2) is 4.98 Å². The molecule has 1 N–H and O–H groups in total. The number of hydrogen-bond donors (Lipinski definition) is 1. The number of unbranched alkanes of at least 4 members (excludes halogenated alkanes) is 1. The zero-order valence-corrected chi connectivity index (χ0v) is 8.59. The number of hydrogen-bond acceptors (Lipinski definition) is 3. The minimum atomic E-state index is 0.512. The molecule has 1 rings (SSSR count). The van der Waals surface area contributed by atoms with Gasteiger partial charge in [0.05, 0.1) is 6.07 Å². The predicted molar refractivity (Wildman–Crippen MR) is 55.8 cm³/mol. The van der Waals surface area contributed by atoms with Gasteiger partial charge in [-0.3, -0.25) is 0 Å². The Balaban J connectivity index is 2.19. The van der Waals surface area contributed by atoms with E-state index in [0.29, 0.717) is 11.6 Å². The van der Waals surface area contributed by atoms with Crippen LogP contribution in [0.3, 0.4) is 0 Å². The fraction of sp³-hybridized carbons (Fsp3) is 0.400. The zero-order valence-electron chi connectivity index (χ0n) is 7.83. The molecule has 0 unspecified atom stereocenters. The van der Waals surface area contributed by atoms with E-state index < -0.39 is 0 Å². The molecule has 0 atom stereocenters. The van der Waals surface area contributed by atoms with Gasteiger partial charge < -0.3 is 5.32 Å². The molecule has 1 aromatic rings. The Hall–Kier alpha value is -1.11. The van der Waals surface area contributed by atoms with Gasteiger partial charge >= 0.3 is 0 Å². The topological polar surface area (TPSA) is 48.7 Å². The van der Waals surface area contributed by atoms with Crippen molar-refractivity contribution < 1.29 is 0 Å². The van der Waals surface area contributed by atoms with Crippen LogP contribution < -0.4 is 5.32 Å². The third-order valence-corrected chi connectivity index (χ3v) is 1.98. The molecule has 1 aromatic heterocycles. The first-order valence-electron chi connectivity index (χ1n) is 4.51. The largest absolute Gasteiger partial charge is 0.313 e. The lowest BCUT2D eigenvalue weighted by molar-refractivity contribution is 0.656. The summed E-state index contributed by atoms with van der Waals surface area (Å²) in [6.07, 6.45) is 3.24. The maximum Gasteiger partial charge on any atom is 0.129 e. The highest BCUT2D eigenvalue weighted by molar-refractivity contribution is 6.29. The molecule has 14 heavy (non-hydrogen) atoms. The summed E-state index contributed by atoms with van der Waals surface area (Å²) in [6.45, 7) is 1.63. The molecule has 1 heterocycles. The second-order valence-electron chi connectivity index (χ2n) is 2.93. The maximum atomic E-state index is 8.31. The van der Waals surface area contributed by atoms with Crippen LogP contribution in [0.25, 0.3) is 0 Å². The fourth-order valence-corrected chi connectivity index (χ4v) is 1.15. The van der Waals surface area contributed by atoms with Crippen LogP contribution in [0.15, 0.2) is 18.3 Å². The standard InChI is InChI=1S/C10H12ClN3/c11-10-4-3-9(8-14-10)7-13-6-2-1-5-12/h3-4,8,13H,1-2,6-7H2. The molecule has 0 bridgehead atoms. The number of nitriles is 1. The summed E-state index contributed by atoms with van der Waals surface area (Å²) in [5, 5.41) is 12.0. The smallest absolute Gasteiger partial charge is 0.129 e. The second kappa shape index (κ2) is 6.36. The van der Waals surface area contributed by atoms with Crippen molar-refractivity contribution >= 4 is 11.6 Å². The quantitative estimate of drug-likeness (QED) is 0.597. The van der Waals surface area contributed by atoms with Crippen LogP contribution in [-0.2, 0) is 6.54 Å². The molecular weight excluding hydrogens is 198 g/mol. The molecule has 0 aliphatic carbocycles. The predicted octanol–water partition coefficient (Wildman–Crippen LogP) is 2.13. The van der Waals surface area contributed by atoms with E-state index in [1.165, 1.54) is 0 Å². The Kier molecular flexibility index (Phi) is 4.98. The molecule has 3 nitrogen and oxygen atoms in total. The van der Waals surface area contributed by atoms with E-state index in [0.717, 1.165) is 25.1 Å². The average molecular weight is 210 g/mol. The van der Waals surface area contributed by atoms with Crippen molar-refractivity contribution in [2.75, 3.05) is 6.54 Å². The van der Waals surface area contributed by atoms with Crippen LogP contribution in [0.1, 0.15) is 18.4 Å². The van der Waals surface area contributed by atoms with Gasteiger partial charge in [-0.1, -0.05) is 17.7 Å². The van der Waals surface area contributed by atoms with Gasteiger partial charge in [0.15, 0.2) is 0 Å². The highest BCUT2D eigenvalue weighted by Crippen LogP contribution is 2.04. The zero-order chi connectivity index (χ0) is 10.2. The summed E-state index contributed by atoms with van der Waals surface area (Å²) in [5.74, 6) is 0. The van der Waals surface area contributed by atoms with Gasteiger partial charge in [-0.05, 0) is 24.6 Å². The molecule has 0 aliphatic rings. The van der Waals surface area contributed by atoms with Crippen LogP contribution in [0.5, 0.6) is 0 Å². The number of rotatable bonds is 5. The Morgan fingerprint density at radius 2 is 2.36 bits per heavy atom. The van der Waals surface area contributed by atoms with Crippen LogP contribution in [0, 0.1) is 11.3 Å². The van der Waals surface area contributed by atoms with E-state index in [9.17, 15) is 0 Å². The van der Waals surface area contributed by atoms with Crippen LogP contribution in [0.4, 0.5) is 0 Å². The molecule has 0 aliphatic heterocycles. The summed E-state index contributed by atoms with van der Waals surface area (Å²) in [4.78, 5) is 3.97. The molecule has 0 amide bonds. The lowest BCUT2D eigenvalue weighted by Crippen LogP contribution is -2.14. The van der Waals surface area contributed by atoms with E-state index >= 15 is 0 Å². The van der Waals surface area contributed by atoms with Crippen LogP contribution in [-0.4, -0.2) is 11.5 Å². The molecule has 0 saturated carbocycles. The van der Waals surface area contributed by atoms with Crippen molar-refractivity contribution in [2.24, 2.45) is 0 Å². The van der Waals surface area contributed by atoms with Crippen molar-refractivity contribution in [3.63, 3.8) is 0 Å². The maximum absolute atomic E-state index is 8.31. The fourth-order valence-electron chi connectivity index (χ4n) is 1.04. The van der Waals surface area contributed by atoms with E-state index in [2.05, 4.69) is 16.4 Å². The summed E-state index contributed by atoms with van der Waals surface area (Å²) in [7, 11) is 0. The minimum absolute atomic E-state index is 0.512. The summed E-state index contributed by atoms with van der Waals surface area (Å²) < 4.78 is 0. The third kappa shape index (κ3) is 4.22. The Labute approximate surface area is 88.7 Å². The number of aromatic nitrogens is 1. The number of pyridine rings is 1. The minimum Gasteiger partial charge on any atom is -0.313 e. The van der Waals surface area contributed by atoms with Crippen molar-refractivity contribution in [3.05, 3.63) is 29.0 Å². The molecular formula is C10H12ClN3. The molecule has 0 radical (unpaired) electrons. The van der Waals surface area contributed by atoms with E-state index in [1.807, 2.05) is 6.07 Å². The first-order chi connectivity index (χ1) is 6.83. The third-order valence-electron chi connectivity index (χ3n) is 1.76. The molecule has 0 spiro atoms. The van der Waals surface area contributed by atoms with Crippen molar-refractivity contribution in [1.82, 2.24) is 10.3 Å². The summed E-state index contributed by atoms with van der Waals surface area (Å²) >= 11 is 5.65. The second-order valence-corrected chi connectivity index (χ2v) is 3.31. The SMILES string of the molecule is N#CCCCNCc1ccc(Cl)nc1. The summed E-state index contributed by atoms with van der Waals surface area (Å²) in [5.41, 5.74) is 1.10. The van der Waals surface area contributed by atoms with E-state index in [4.69, 9.17) is 16.9 Å². The molecule has 0 fully saturated rings. The van der Waals surface area contributed by atoms with E-state index in [1.54, 1.807) is 12.3 Å². The lowest BCUT2D eigenvalue weighted by atomic mass is 10.3. The average Bonchev–Trinajstić information content (AvgIpc) is 2.21. The van der Waals surface area contributed by atoms with Crippen LogP contribution >= 0.6 is 11.6 Å². The monoisotopic (exact) mass is 209 g/mol. The normalized spacial score (nSPS) is 9.71. The first kappa shape index (κ1) is 11.0. The number of nitrogens with one attached hydrogen (secondary N) is 1. The molecule has 0 aromatic carbocycles. The Morgan fingerprint density at radius 3 is 3.00 bits per heavy atom. The molecule has 4 heteroatoms. The summed E-state index contributed by atoms with van der Waals surface area (Å²) in [6, 6.07) is 5.81. The highest BCUT2D eigenvalue weighted by atomic mass is 35.5.